The zero-order chi connectivity index (χ0) is 16.8. The Kier molecular flexibility index (Phi) is 6.73. The van der Waals surface area contributed by atoms with Gasteiger partial charge in [-0.15, -0.1) is 11.8 Å². The first-order chi connectivity index (χ1) is 10.2. The van der Waals surface area contributed by atoms with Crippen molar-refractivity contribution < 1.29 is 27.9 Å². The maximum absolute atomic E-state index is 12.0. The van der Waals surface area contributed by atoms with Crippen molar-refractivity contribution in [2.75, 3.05) is 18.6 Å². The molecule has 0 aliphatic heterocycles. The first-order valence-electron chi connectivity index (χ1n) is 6.37. The van der Waals surface area contributed by atoms with E-state index in [-0.39, 0.29) is 6.42 Å². The highest BCUT2D eigenvalue weighted by Gasteiger charge is 2.30. The molecular formula is C14H16F3NO3S. The van der Waals surface area contributed by atoms with Crippen LogP contribution in [0.25, 0.3) is 0 Å². The molecule has 0 aliphatic carbocycles. The van der Waals surface area contributed by atoms with E-state index in [0.29, 0.717) is 11.8 Å². The van der Waals surface area contributed by atoms with Crippen molar-refractivity contribution in [3.63, 3.8) is 0 Å². The summed E-state index contributed by atoms with van der Waals surface area (Å²) < 4.78 is 36.1. The predicted octanol–water partition coefficient (Wildman–Crippen LogP) is 2.44. The summed E-state index contributed by atoms with van der Waals surface area (Å²) in [5.41, 5.74) is 0.734. The Morgan fingerprint density at radius 1 is 1.27 bits per heavy atom. The standard InChI is InChI=1S/C14H16F3NO3S/c1-18(12(19)8-22-9-14(15,16)17)11(13(20)21)7-10-5-3-2-4-6-10/h2-6,11H,7-9H2,1H3,(H,20,21). The number of amides is 1. The molecule has 1 amide bonds. The molecule has 4 nitrogen and oxygen atoms in total. The Morgan fingerprint density at radius 2 is 1.86 bits per heavy atom. The maximum Gasteiger partial charge on any atom is 0.397 e. The number of aliphatic carboxylic acids is 1. The smallest absolute Gasteiger partial charge is 0.397 e. The lowest BCUT2D eigenvalue weighted by molar-refractivity contribution is -0.148. The summed E-state index contributed by atoms with van der Waals surface area (Å²) in [5, 5.41) is 9.23. The molecule has 1 atom stereocenters. The minimum absolute atomic E-state index is 0.0996. The van der Waals surface area contributed by atoms with Crippen molar-refractivity contribution >= 4 is 23.6 Å². The predicted molar refractivity (Wildman–Crippen MR) is 77.7 cm³/mol. The van der Waals surface area contributed by atoms with Crippen LogP contribution in [0.1, 0.15) is 5.56 Å². The number of carbonyl (C=O) groups excluding carboxylic acids is 1. The van der Waals surface area contributed by atoms with Crippen LogP contribution in [0, 0.1) is 0 Å². The maximum atomic E-state index is 12.0. The van der Waals surface area contributed by atoms with Crippen LogP contribution < -0.4 is 0 Å². The van der Waals surface area contributed by atoms with E-state index >= 15 is 0 Å². The van der Waals surface area contributed by atoms with Gasteiger partial charge in [-0.2, -0.15) is 13.2 Å². The van der Waals surface area contributed by atoms with Gasteiger partial charge in [0.15, 0.2) is 0 Å². The van der Waals surface area contributed by atoms with Crippen molar-refractivity contribution in [1.82, 2.24) is 4.90 Å². The number of alkyl halides is 3. The van der Waals surface area contributed by atoms with Gasteiger partial charge in [-0.1, -0.05) is 30.3 Å². The van der Waals surface area contributed by atoms with Gasteiger partial charge in [-0.25, -0.2) is 4.79 Å². The van der Waals surface area contributed by atoms with Crippen molar-refractivity contribution in [1.29, 1.82) is 0 Å². The quantitative estimate of drug-likeness (QED) is 0.831. The summed E-state index contributed by atoms with van der Waals surface area (Å²) >= 11 is 0.423. The van der Waals surface area contributed by atoms with E-state index in [2.05, 4.69) is 0 Å². The SMILES string of the molecule is CN(C(=O)CSCC(F)(F)F)C(Cc1ccccc1)C(=O)O. The zero-order valence-electron chi connectivity index (χ0n) is 11.8. The molecule has 8 heteroatoms. The Hall–Kier alpha value is -1.70. The Balaban J connectivity index is 2.63. The van der Waals surface area contributed by atoms with Crippen LogP contribution in [0.5, 0.6) is 0 Å². The summed E-state index contributed by atoms with van der Waals surface area (Å²) in [5.74, 6) is -3.38. The highest BCUT2D eigenvalue weighted by atomic mass is 32.2. The molecule has 0 saturated heterocycles. The lowest BCUT2D eigenvalue weighted by atomic mass is 10.1. The first-order valence-corrected chi connectivity index (χ1v) is 7.53. The lowest BCUT2D eigenvalue weighted by Gasteiger charge is -2.25. The topological polar surface area (TPSA) is 57.6 Å². The number of hydrogen-bond acceptors (Lipinski definition) is 3. The summed E-state index contributed by atoms with van der Waals surface area (Å²) in [6.07, 6.45) is -4.25. The average Bonchev–Trinajstić information content (AvgIpc) is 2.43. The van der Waals surface area contributed by atoms with Crippen LogP contribution in [-0.4, -0.2) is 52.7 Å². The number of hydrogen-bond donors (Lipinski definition) is 1. The number of carbonyl (C=O) groups is 2. The fourth-order valence-corrected chi connectivity index (χ4v) is 2.47. The van der Waals surface area contributed by atoms with E-state index in [1.807, 2.05) is 0 Å². The molecule has 122 valence electrons. The largest absolute Gasteiger partial charge is 0.480 e. The molecule has 0 radical (unpaired) electrons. The lowest BCUT2D eigenvalue weighted by Crippen LogP contribution is -2.44. The second kappa shape index (κ2) is 8.07. The van der Waals surface area contributed by atoms with Gasteiger partial charge in [0.05, 0.1) is 11.5 Å². The molecule has 1 aromatic rings. The molecule has 0 heterocycles. The van der Waals surface area contributed by atoms with Crippen LogP contribution in [0.15, 0.2) is 30.3 Å². The van der Waals surface area contributed by atoms with Gasteiger partial charge in [0.2, 0.25) is 5.91 Å². The molecule has 1 unspecified atom stereocenters. The summed E-state index contributed by atoms with van der Waals surface area (Å²) in [6, 6.07) is 7.62. The van der Waals surface area contributed by atoms with E-state index in [4.69, 9.17) is 0 Å². The molecule has 0 aromatic heterocycles. The zero-order valence-corrected chi connectivity index (χ0v) is 12.7. The highest BCUT2D eigenvalue weighted by molar-refractivity contribution is 8.00. The van der Waals surface area contributed by atoms with Gasteiger partial charge in [0.1, 0.15) is 6.04 Å². The Bertz CT molecular complexity index is 508. The number of carboxylic acids is 1. The highest BCUT2D eigenvalue weighted by Crippen LogP contribution is 2.21. The monoisotopic (exact) mass is 335 g/mol. The van der Waals surface area contributed by atoms with E-state index in [1.165, 1.54) is 7.05 Å². The molecule has 0 saturated carbocycles. The van der Waals surface area contributed by atoms with Gasteiger partial charge >= 0.3 is 12.1 Å². The van der Waals surface area contributed by atoms with Crippen molar-refractivity contribution in [3.05, 3.63) is 35.9 Å². The Morgan fingerprint density at radius 3 is 2.36 bits per heavy atom. The fraction of sp³-hybridized carbons (Fsp3) is 0.429. The normalized spacial score (nSPS) is 12.7. The van der Waals surface area contributed by atoms with Gasteiger partial charge < -0.3 is 10.0 Å². The summed E-state index contributed by atoms with van der Waals surface area (Å²) in [7, 11) is 1.29. The molecule has 0 aliphatic rings. The second-order valence-electron chi connectivity index (χ2n) is 4.66. The summed E-state index contributed by atoms with van der Waals surface area (Å²) in [4.78, 5) is 24.1. The molecule has 0 spiro atoms. The fourth-order valence-electron chi connectivity index (χ4n) is 1.76. The van der Waals surface area contributed by atoms with Crippen LogP contribution in [0.3, 0.4) is 0 Å². The van der Waals surface area contributed by atoms with Crippen LogP contribution in [0.2, 0.25) is 0 Å². The minimum Gasteiger partial charge on any atom is -0.480 e. The average molecular weight is 335 g/mol. The van der Waals surface area contributed by atoms with Crippen molar-refractivity contribution in [2.45, 2.75) is 18.6 Å². The number of rotatable bonds is 7. The third-order valence-electron chi connectivity index (χ3n) is 2.91. The van der Waals surface area contributed by atoms with Crippen molar-refractivity contribution in [3.8, 4) is 0 Å². The summed E-state index contributed by atoms with van der Waals surface area (Å²) in [6.45, 7) is 0. The minimum atomic E-state index is -4.35. The number of nitrogens with zero attached hydrogens (tertiary/aromatic N) is 1. The molecule has 1 rings (SSSR count). The van der Waals surface area contributed by atoms with Gasteiger partial charge in [-0.3, -0.25) is 4.79 Å². The molecular weight excluding hydrogens is 319 g/mol. The first kappa shape index (κ1) is 18.3. The molecule has 1 aromatic carbocycles. The van der Waals surface area contributed by atoms with Crippen molar-refractivity contribution in [2.24, 2.45) is 0 Å². The number of benzene rings is 1. The molecule has 22 heavy (non-hydrogen) atoms. The number of likely N-dealkylation sites (N-methyl/N-ethyl adjacent to an activating group) is 1. The number of carboxylic acid groups (broad SMARTS) is 1. The van der Waals surface area contributed by atoms with Gasteiger partial charge in [0.25, 0.3) is 0 Å². The van der Waals surface area contributed by atoms with Crippen LogP contribution in [-0.2, 0) is 16.0 Å². The molecule has 1 N–H and O–H groups in total. The molecule has 0 bridgehead atoms. The van der Waals surface area contributed by atoms with E-state index in [1.54, 1.807) is 30.3 Å². The number of thioether (sulfide) groups is 1. The third kappa shape index (κ3) is 6.38. The van der Waals surface area contributed by atoms with Crippen LogP contribution >= 0.6 is 11.8 Å². The van der Waals surface area contributed by atoms with E-state index in [9.17, 15) is 27.9 Å². The second-order valence-corrected chi connectivity index (χ2v) is 5.64. The van der Waals surface area contributed by atoms with Gasteiger partial charge in [-0.05, 0) is 5.56 Å². The number of halogens is 3. The Labute approximate surface area is 130 Å². The van der Waals surface area contributed by atoms with Crippen LogP contribution in [0.4, 0.5) is 13.2 Å². The van der Waals surface area contributed by atoms with E-state index < -0.39 is 35.6 Å². The third-order valence-corrected chi connectivity index (χ3v) is 3.89. The molecule has 0 fully saturated rings. The van der Waals surface area contributed by atoms with E-state index in [0.717, 1.165) is 10.5 Å². The van der Waals surface area contributed by atoms with Gasteiger partial charge in [0, 0.05) is 13.5 Å².